The van der Waals surface area contributed by atoms with Gasteiger partial charge in [-0.3, -0.25) is 4.79 Å². The highest BCUT2D eigenvalue weighted by Crippen LogP contribution is 2.42. The average Bonchev–Trinajstić information content (AvgIpc) is 2.84. The number of ether oxygens (including phenoxy) is 1. The van der Waals surface area contributed by atoms with Crippen LogP contribution in [0.3, 0.4) is 0 Å². The van der Waals surface area contributed by atoms with Crippen molar-refractivity contribution in [1.29, 1.82) is 0 Å². The molecule has 0 saturated heterocycles. The van der Waals surface area contributed by atoms with E-state index in [0.717, 1.165) is 24.8 Å². The second kappa shape index (κ2) is 6.71. The van der Waals surface area contributed by atoms with E-state index in [4.69, 9.17) is 4.74 Å². The van der Waals surface area contributed by atoms with E-state index in [0.29, 0.717) is 24.2 Å². The molecule has 2 aromatic rings. The van der Waals surface area contributed by atoms with E-state index in [1.54, 1.807) is 12.1 Å². The second-order valence-corrected chi connectivity index (χ2v) is 6.08. The molecule has 0 amide bonds. The number of fused-ring (bicyclic) bond motifs is 3. The molecule has 2 aromatic carbocycles. The van der Waals surface area contributed by atoms with Crippen molar-refractivity contribution in [2.24, 2.45) is 0 Å². The smallest absolute Gasteiger partial charge is 0.200 e. The molecule has 0 saturated carbocycles. The maximum absolute atomic E-state index is 14.7. The molecule has 0 radical (unpaired) electrons. The Morgan fingerprint density at radius 1 is 1.00 bits per heavy atom. The van der Waals surface area contributed by atoms with E-state index in [1.807, 2.05) is 13.8 Å². The van der Waals surface area contributed by atoms with Crippen LogP contribution in [0.25, 0.3) is 11.1 Å². The summed E-state index contributed by atoms with van der Waals surface area (Å²) in [5.41, 5.74) is 1.64. The SMILES string of the molecule is CCCCOc1ccc2c(c1F)C(=O)c1c(F)cc(CCC)cc1-2. The molecule has 2 nitrogen and oxygen atoms in total. The summed E-state index contributed by atoms with van der Waals surface area (Å²) in [6.07, 6.45) is 3.33. The summed E-state index contributed by atoms with van der Waals surface area (Å²) in [4.78, 5) is 12.5. The number of benzene rings is 2. The van der Waals surface area contributed by atoms with E-state index in [-0.39, 0.29) is 16.9 Å². The third-order valence-corrected chi connectivity index (χ3v) is 4.29. The predicted molar refractivity (Wildman–Crippen MR) is 89.6 cm³/mol. The number of ketones is 1. The first-order valence-corrected chi connectivity index (χ1v) is 8.41. The third kappa shape index (κ3) is 2.70. The summed E-state index contributed by atoms with van der Waals surface area (Å²) in [7, 11) is 0. The molecule has 0 atom stereocenters. The van der Waals surface area contributed by atoms with Crippen LogP contribution in [-0.4, -0.2) is 12.4 Å². The molecule has 3 rings (SSSR count). The van der Waals surface area contributed by atoms with E-state index in [9.17, 15) is 13.6 Å². The zero-order valence-corrected chi connectivity index (χ0v) is 13.9. The summed E-state index contributed by atoms with van der Waals surface area (Å²) in [6.45, 7) is 4.41. The average molecular weight is 330 g/mol. The first-order valence-electron chi connectivity index (χ1n) is 8.41. The highest BCUT2D eigenvalue weighted by Gasteiger charge is 2.34. The molecule has 1 aliphatic rings. The van der Waals surface area contributed by atoms with Crippen molar-refractivity contribution in [1.82, 2.24) is 0 Å². The van der Waals surface area contributed by atoms with Gasteiger partial charge in [-0.2, -0.15) is 0 Å². The van der Waals surface area contributed by atoms with Crippen LogP contribution >= 0.6 is 0 Å². The third-order valence-electron chi connectivity index (χ3n) is 4.29. The Kier molecular flexibility index (Phi) is 4.65. The van der Waals surface area contributed by atoms with Crippen LogP contribution < -0.4 is 4.74 Å². The normalized spacial score (nSPS) is 12.2. The number of aryl methyl sites for hydroxylation is 1. The summed E-state index contributed by atoms with van der Waals surface area (Å²) < 4.78 is 34.5. The monoisotopic (exact) mass is 330 g/mol. The maximum Gasteiger partial charge on any atom is 0.200 e. The van der Waals surface area contributed by atoms with Crippen molar-refractivity contribution in [2.45, 2.75) is 39.5 Å². The molecule has 0 N–H and O–H groups in total. The lowest BCUT2D eigenvalue weighted by molar-refractivity contribution is 0.103. The van der Waals surface area contributed by atoms with Crippen molar-refractivity contribution >= 4 is 5.78 Å². The minimum absolute atomic E-state index is 0.0329. The second-order valence-electron chi connectivity index (χ2n) is 6.08. The van der Waals surface area contributed by atoms with Crippen LogP contribution in [0.5, 0.6) is 5.75 Å². The van der Waals surface area contributed by atoms with Gasteiger partial charge in [0.25, 0.3) is 0 Å². The number of hydrogen-bond donors (Lipinski definition) is 0. The summed E-state index contributed by atoms with van der Waals surface area (Å²) in [6, 6.07) is 6.35. The lowest BCUT2D eigenvalue weighted by Gasteiger charge is -2.09. The van der Waals surface area contributed by atoms with Gasteiger partial charge >= 0.3 is 0 Å². The van der Waals surface area contributed by atoms with Crippen LogP contribution in [0, 0.1) is 11.6 Å². The van der Waals surface area contributed by atoms with Crippen molar-refractivity contribution in [2.75, 3.05) is 6.61 Å². The zero-order chi connectivity index (χ0) is 17.3. The number of rotatable bonds is 6. The summed E-state index contributed by atoms with van der Waals surface area (Å²) in [5, 5.41) is 0. The van der Waals surface area contributed by atoms with Crippen LogP contribution in [0.15, 0.2) is 24.3 Å². The van der Waals surface area contributed by atoms with Gasteiger partial charge < -0.3 is 4.74 Å². The molecule has 126 valence electrons. The van der Waals surface area contributed by atoms with Crippen molar-refractivity contribution in [3.8, 4) is 16.9 Å². The van der Waals surface area contributed by atoms with Gasteiger partial charge in [-0.15, -0.1) is 0 Å². The Labute approximate surface area is 140 Å². The number of halogens is 2. The highest BCUT2D eigenvalue weighted by molar-refractivity contribution is 6.22. The fourth-order valence-corrected chi connectivity index (χ4v) is 3.11. The Balaban J connectivity index is 2.06. The summed E-state index contributed by atoms with van der Waals surface area (Å²) >= 11 is 0. The Hall–Kier alpha value is -2.23. The van der Waals surface area contributed by atoms with Gasteiger partial charge in [0.15, 0.2) is 17.3 Å². The fraction of sp³-hybridized carbons (Fsp3) is 0.350. The molecular weight excluding hydrogens is 310 g/mol. The molecule has 0 bridgehead atoms. The quantitative estimate of drug-likeness (QED) is 0.573. The largest absolute Gasteiger partial charge is 0.490 e. The Morgan fingerprint density at radius 2 is 1.79 bits per heavy atom. The first kappa shape index (κ1) is 16.6. The van der Waals surface area contributed by atoms with Crippen LogP contribution in [-0.2, 0) is 6.42 Å². The molecule has 0 spiro atoms. The molecule has 24 heavy (non-hydrogen) atoms. The molecular formula is C20H20F2O2. The van der Waals surface area contributed by atoms with E-state index in [1.165, 1.54) is 12.1 Å². The number of unbranched alkanes of at least 4 members (excludes halogenated alkanes) is 1. The van der Waals surface area contributed by atoms with Gasteiger partial charge in [0.05, 0.1) is 17.7 Å². The van der Waals surface area contributed by atoms with Crippen LogP contribution in [0.4, 0.5) is 8.78 Å². The number of hydrogen-bond acceptors (Lipinski definition) is 2. The Morgan fingerprint density at radius 3 is 2.50 bits per heavy atom. The maximum atomic E-state index is 14.7. The van der Waals surface area contributed by atoms with Crippen molar-refractivity contribution in [3.05, 3.63) is 52.6 Å². The predicted octanol–water partition coefficient (Wildman–Crippen LogP) is 5.31. The minimum atomic E-state index is -0.693. The van der Waals surface area contributed by atoms with E-state index < -0.39 is 17.4 Å². The highest BCUT2D eigenvalue weighted by atomic mass is 19.1. The standard InChI is InChI=1S/C20H20F2O2/c1-3-5-9-24-16-8-7-13-14-10-12(6-4-2)11-15(21)17(14)20(23)18(13)19(16)22/h7-8,10-11H,3-6,9H2,1-2H3. The molecule has 0 aliphatic heterocycles. The molecule has 0 aromatic heterocycles. The first-order chi connectivity index (χ1) is 11.6. The van der Waals surface area contributed by atoms with Crippen LogP contribution in [0.1, 0.15) is 54.6 Å². The summed E-state index contributed by atoms with van der Waals surface area (Å²) in [5.74, 6) is -1.82. The lowest BCUT2D eigenvalue weighted by atomic mass is 10.00. The molecule has 0 heterocycles. The Bertz CT molecular complexity index is 797. The van der Waals surface area contributed by atoms with Gasteiger partial charge in [-0.25, -0.2) is 8.78 Å². The molecule has 1 aliphatic carbocycles. The van der Waals surface area contributed by atoms with Crippen LogP contribution in [0.2, 0.25) is 0 Å². The number of carbonyl (C=O) groups excluding carboxylic acids is 1. The van der Waals surface area contributed by atoms with Gasteiger partial charge in [-0.05, 0) is 47.7 Å². The zero-order valence-electron chi connectivity index (χ0n) is 13.9. The van der Waals surface area contributed by atoms with Gasteiger partial charge in [0.1, 0.15) is 5.82 Å². The van der Waals surface area contributed by atoms with Gasteiger partial charge in [-0.1, -0.05) is 32.8 Å². The lowest BCUT2D eigenvalue weighted by Crippen LogP contribution is -2.05. The van der Waals surface area contributed by atoms with Gasteiger partial charge in [0, 0.05) is 0 Å². The van der Waals surface area contributed by atoms with Crippen molar-refractivity contribution < 1.29 is 18.3 Å². The van der Waals surface area contributed by atoms with E-state index >= 15 is 0 Å². The number of carbonyl (C=O) groups is 1. The topological polar surface area (TPSA) is 26.3 Å². The van der Waals surface area contributed by atoms with Crippen molar-refractivity contribution in [3.63, 3.8) is 0 Å². The molecule has 4 heteroatoms. The van der Waals surface area contributed by atoms with E-state index in [2.05, 4.69) is 0 Å². The minimum Gasteiger partial charge on any atom is -0.490 e. The molecule has 0 fully saturated rings. The van der Waals surface area contributed by atoms with Gasteiger partial charge in [0.2, 0.25) is 0 Å². The fourth-order valence-electron chi connectivity index (χ4n) is 3.11. The molecule has 0 unspecified atom stereocenters.